The van der Waals surface area contributed by atoms with Crippen LogP contribution in [-0.4, -0.2) is 45.3 Å². The zero-order valence-electron chi connectivity index (χ0n) is 14.2. The number of ketones is 2. The van der Waals surface area contributed by atoms with Crippen LogP contribution >= 0.6 is 0 Å². The molecule has 0 saturated carbocycles. The SMILES string of the molecule is CCC[CH2][Sn][CH2]CCC.CCOC(=O)C(C(C)=O)C(C)=O. The molecule has 0 N–H and O–H groups in total. The van der Waals surface area contributed by atoms with Gasteiger partial charge in [0.25, 0.3) is 0 Å². The summed E-state index contributed by atoms with van der Waals surface area (Å²) in [7, 11) is 0. The van der Waals surface area contributed by atoms with Gasteiger partial charge in [-0.05, 0) is 20.8 Å². The molecule has 0 aliphatic rings. The zero-order valence-corrected chi connectivity index (χ0v) is 17.0. The van der Waals surface area contributed by atoms with Gasteiger partial charge < -0.3 is 4.74 Å². The van der Waals surface area contributed by atoms with E-state index in [1.807, 2.05) is 0 Å². The molecule has 0 aliphatic carbocycles. The number of esters is 1. The minimum absolute atomic E-state index is 0.149. The first-order valence-electron chi connectivity index (χ1n) is 7.80. The minimum atomic E-state index is -1.23. The molecule has 5 heteroatoms. The Bertz CT molecular complexity index is 283. The molecule has 0 amide bonds. The molecule has 0 rings (SSSR count). The predicted octanol–water partition coefficient (Wildman–Crippen LogP) is 3.47. The topological polar surface area (TPSA) is 60.4 Å². The van der Waals surface area contributed by atoms with Crippen molar-refractivity contribution in [3.63, 3.8) is 0 Å². The standard InChI is InChI=1S/C8H12O4.2C4H9.Sn/c1-4-12-8(11)7(5(2)9)6(3)10;2*1-3-4-2;/h7H,4H2,1-3H3;2*1,3-4H2,2H3;. The van der Waals surface area contributed by atoms with Gasteiger partial charge in [0, 0.05) is 0 Å². The van der Waals surface area contributed by atoms with Crippen molar-refractivity contribution in [2.24, 2.45) is 5.92 Å². The van der Waals surface area contributed by atoms with Gasteiger partial charge in [-0.15, -0.1) is 0 Å². The first-order chi connectivity index (χ1) is 9.92. The van der Waals surface area contributed by atoms with Crippen molar-refractivity contribution >= 4 is 38.7 Å². The quantitative estimate of drug-likeness (QED) is 0.242. The first-order valence-corrected chi connectivity index (χ1v) is 11.8. The molecule has 0 aromatic carbocycles. The molecular formula is C16H30O4Sn. The van der Waals surface area contributed by atoms with E-state index < -0.39 is 23.5 Å². The van der Waals surface area contributed by atoms with Crippen LogP contribution < -0.4 is 0 Å². The fourth-order valence-electron chi connectivity index (χ4n) is 1.57. The summed E-state index contributed by atoms with van der Waals surface area (Å²) >= 11 is 0.149. The average Bonchev–Trinajstić information content (AvgIpc) is 2.39. The van der Waals surface area contributed by atoms with Crippen LogP contribution in [0.25, 0.3) is 0 Å². The van der Waals surface area contributed by atoms with E-state index in [0.717, 1.165) is 0 Å². The van der Waals surface area contributed by atoms with E-state index in [1.54, 1.807) is 15.8 Å². The van der Waals surface area contributed by atoms with Crippen molar-refractivity contribution < 1.29 is 19.1 Å². The second kappa shape index (κ2) is 16.0. The fourth-order valence-corrected chi connectivity index (χ4v) is 5.73. The number of carbonyl (C=O) groups is 3. The van der Waals surface area contributed by atoms with Gasteiger partial charge >= 0.3 is 75.5 Å². The van der Waals surface area contributed by atoms with Crippen LogP contribution in [0, 0.1) is 5.92 Å². The molecule has 21 heavy (non-hydrogen) atoms. The summed E-state index contributed by atoms with van der Waals surface area (Å²) in [6.45, 7) is 8.77. The van der Waals surface area contributed by atoms with Crippen molar-refractivity contribution in [2.45, 2.75) is 69.2 Å². The first kappa shape index (κ1) is 22.9. The summed E-state index contributed by atoms with van der Waals surface area (Å²) in [4.78, 5) is 32.5. The maximum Gasteiger partial charge on any atom is 0.324 e. The summed E-state index contributed by atoms with van der Waals surface area (Å²) in [5, 5.41) is 0. The summed E-state index contributed by atoms with van der Waals surface area (Å²) in [5.74, 6) is -2.93. The minimum Gasteiger partial charge on any atom is -0.465 e. The Morgan fingerprint density at radius 3 is 1.62 bits per heavy atom. The predicted molar refractivity (Wildman–Crippen MR) is 86.7 cm³/mol. The number of rotatable bonds is 10. The smallest absolute Gasteiger partial charge is 0.324 e. The van der Waals surface area contributed by atoms with Gasteiger partial charge in [0.15, 0.2) is 17.5 Å². The molecule has 4 nitrogen and oxygen atoms in total. The van der Waals surface area contributed by atoms with E-state index in [-0.39, 0.29) is 27.7 Å². The monoisotopic (exact) mass is 406 g/mol. The van der Waals surface area contributed by atoms with E-state index in [2.05, 4.69) is 18.6 Å². The van der Waals surface area contributed by atoms with Crippen LogP contribution in [0.4, 0.5) is 0 Å². The molecule has 0 heterocycles. The Kier molecular flexibility index (Phi) is 17.4. The summed E-state index contributed by atoms with van der Waals surface area (Å²) < 4.78 is 7.80. The zero-order chi connectivity index (χ0) is 16.7. The van der Waals surface area contributed by atoms with Gasteiger partial charge in [0.2, 0.25) is 0 Å². The Hall–Kier alpha value is -0.391. The second-order valence-electron chi connectivity index (χ2n) is 4.86. The number of unbranched alkanes of at least 4 members (excludes halogenated alkanes) is 2. The maximum atomic E-state index is 11.0. The molecule has 0 spiro atoms. The maximum absolute atomic E-state index is 11.0. The van der Waals surface area contributed by atoms with E-state index in [0.29, 0.717) is 0 Å². The van der Waals surface area contributed by atoms with Crippen LogP contribution in [0.5, 0.6) is 0 Å². The van der Waals surface area contributed by atoms with Crippen LogP contribution in [-0.2, 0) is 19.1 Å². The number of Topliss-reactive ketones (excluding diaryl/α,β-unsaturated/α-hetero) is 2. The number of carbonyl (C=O) groups excluding carboxylic acids is 3. The van der Waals surface area contributed by atoms with Crippen molar-refractivity contribution in [2.75, 3.05) is 6.61 Å². The second-order valence-corrected chi connectivity index (χ2v) is 9.14. The Morgan fingerprint density at radius 1 is 0.905 bits per heavy atom. The fraction of sp³-hybridized carbons (Fsp3) is 0.812. The van der Waals surface area contributed by atoms with Gasteiger partial charge in [-0.1, -0.05) is 0 Å². The van der Waals surface area contributed by atoms with Gasteiger partial charge in [-0.25, -0.2) is 0 Å². The van der Waals surface area contributed by atoms with Crippen LogP contribution in [0.3, 0.4) is 0 Å². The van der Waals surface area contributed by atoms with Crippen LogP contribution in [0.1, 0.15) is 60.3 Å². The molecule has 0 aliphatic heterocycles. The van der Waals surface area contributed by atoms with Crippen molar-refractivity contribution in [1.82, 2.24) is 0 Å². The van der Waals surface area contributed by atoms with Gasteiger partial charge in [-0.3, -0.25) is 14.4 Å². The largest absolute Gasteiger partial charge is 0.465 e. The Morgan fingerprint density at radius 2 is 1.33 bits per heavy atom. The van der Waals surface area contributed by atoms with Gasteiger partial charge in [0.05, 0.1) is 6.61 Å². The van der Waals surface area contributed by atoms with Gasteiger partial charge in [0.1, 0.15) is 0 Å². The Labute approximate surface area is 139 Å². The molecule has 0 fully saturated rings. The van der Waals surface area contributed by atoms with E-state index in [4.69, 9.17) is 0 Å². The van der Waals surface area contributed by atoms with E-state index >= 15 is 0 Å². The molecular weight excluding hydrogens is 375 g/mol. The third-order valence-corrected chi connectivity index (χ3v) is 6.79. The van der Waals surface area contributed by atoms with Gasteiger partial charge in [-0.2, -0.15) is 0 Å². The number of ether oxygens (including phenoxy) is 1. The van der Waals surface area contributed by atoms with Crippen LogP contribution in [0.15, 0.2) is 0 Å². The molecule has 0 saturated heterocycles. The van der Waals surface area contributed by atoms with Crippen LogP contribution in [0.2, 0.25) is 8.87 Å². The molecule has 0 aromatic rings. The summed E-state index contributed by atoms with van der Waals surface area (Å²) in [6, 6.07) is 0. The molecule has 0 aromatic heterocycles. The molecule has 2 radical (unpaired) electrons. The normalized spacial score (nSPS) is 9.81. The summed E-state index contributed by atoms with van der Waals surface area (Å²) in [5.41, 5.74) is 0. The van der Waals surface area contributed by atoms with E-state index in [1.165, 1.54) is 39.5 Å². The summed E-state index contributed by atoms with van der Waals surface area (Å²) in [6.07, 6.45) is 5.84. The molecule has 0 bridgehead atoms. The third kappa shape index (κ3) is 14.3. The molecule has 122 valence electrons. The number of hydrogen-bond donors (Lipinski definition) is 0. The Balaban J connectivity index is 0. The average molecular weight is 405 g/mol. The molecule has 0 atom stereocenters. The van der Waals surface area contributed by atoms with Crippen molar-refractivity contribution in [3.8, 4) is 0 Å². The molecule has 0 unspecified atom stereocenters. The van der Waals surface area contributed by atoms with E-state index in [9.17, 15) is 14.4 Å². The third-order valence-electron chi connectivity index (χ3n) is 2.75. The van der Waals surface area contributed by atoms with Crippen molar-refractivity contribution in [1.29, 1.82) is 0 Å². The van der Waals surface area contributed by atoms with Crippen molar-refractivity contribution in [3.05, 3.63) is 0 Å². The number of hydrogen-bond acceptors (Lipinski definition) is 4.